The second kappa shape index (κ2) is 5.86. The summed E-state index contributed by atoms with van der Waals surface area (Å²) in [6.45, 7) is 7.25. The van der Waals surface area contributed by atoms with Crippen molar-refractivity contribution in [1.29, 1.82) is 0 Å². The average molecular weight is 214 g/mol. The van der Waals surface area contributed by atoms with Crippen LogP contribution in [0.3, 0.4) is 0 Å². The molecule has 1 aliphatic heterocycles. The molecule has 0 aromatic heterocycles. The first-order valence-corrected chi connectivity index (χ1v) is 6.11. The van der Waals surface area contributed by atoms with Crippen LogP contribution in [-0.2, 0) is 0 Å². The summed E-state index contributed by atoms with van der Waals surface area (Å²) in [4.78, 5) is 2.49. The summed E-state index contributed by atoms with van der Waals surface area (Å²) >= 11 is 0. The van der Waals surface area contributed by atoms with E-state index in [9.17, 15) is 0 Å². The Kier molecular flexibility index (Phi) is 4.17. The number of nitrogens with zero attached hydrogens (tertiary/aromatic N) is 1. The maximum atomic E-state index is 3.81. The van der Waals surface area contributed by atoms with Crippen molar-refractivity contribution in [2.75, 3.05) is 19.6 Å². The molecule has 1 atom stereocenters. The highest BCUT2D eigenvalue weighted by Gasteiger charge is 2.19. The normalized spacial score (nSPS) is 21.9. The molecule has 1 heterocycles. The summed E-state index contributed by atoms with van der Waals surface area (Å²) in [5, 5.41) is 0. The number of piperidine rings is 1. The highest BCUT2D eigenvalue weighted by molar-refractivity contribution is 5.23. The fraction of sp³-hybridized carbons (Fsp3) is 0.400. The van der Waals surface area contributed by atoms with Crippen LogP contribution < -0.4 is 0 Å². The summed E-state index contributed by atoms with van der Waals surface area (Å²) < 4.78 is 0. The van der Waals surface area contributed by atoms with Crippen molar-refractivity contribution in [3.63, 3.8) is 0 Å². The SMILES string of the molecule is C=CCN1CCCC([CH]c2ccccc2)C1. The van der Waals surface area contributed by atoms with Crippen molar-refractivity contribution in [2.45, 2.75) is 12.8 Å². The lowest BCUT2D eigenvalue weighted by molar-refractivity contribution is 0.209. The lowest BCUT2D eigenvalue weighted by Gasteiger charge is -2.31. The van der Waals surface area contributed by atoms with Crippen LogP contribution in [-0.4, -0.2) is 24.5 Å². The first-order valence-electron chi connectivity index (χ1n) is 6.11. The average Bonchev–Trinajstić information content (AvgIpc) is 2.31. The Labute approximate surface area is 98.8 Å². The van der Waals surface area contributed by atoms with E-state index in [0.29, 0.717) is 5.92 Å². The molecule has 1 aliphatic rings. The molecule has 1 saturated heterocycles. The Hall–Kier alpha value is -1.08. The minimum atomic E-state index is 0.705. The zero-order chi connectivity index (χ0) is 11.2. The summed E-state index contributed by atoms with van der Waals surface area (Å²) in [5.41, 5.74) is 1.35. The van der Waals surface area contributed by atoms with Crippen molar-refractivity contribution in [1.82, 2.24) is 4.90 Å². The predicted octanol–water partition coefficient (Wildman–Crippen LogP) is 3.14. The van der Waals surface area contributed by atoms with Crippen LogP contribution in [0.1, 0.15) is 18.4 Å². The van der Waals surface area contributed by atoms with Crippen LogP contribution in [0.5, 0.6) is 0 Å². The van der Waals surface area contributed by atoms with E-state index in [2.05, 4.69) is 48.2 Å². The van der Waals surface area contributed by atoms with Crippen molar-refractivity contribution in [3.8, 4) is 0 Å². The molecule has 1 aromatic rings. The molecule has 0 bridgehead atoms. The van der Waals surface area contributed by atoms with Crippen molar-refractivity contribution < 1.29 is 0 Å². The topological polar surface area (TPSA) is 3.24 Å². The van der Waals surface area contributed by atoms with Gasteiger partial charge in [0.05, 0.1) is 0 Å². The molecule has 16 heavy (non-hydrogen) atoms. The van der Waals surface area contributed by atoms with Gasteiger partial charge in [-0.1, -0.05) is 36.4 Å². The fourth-order valence-electron chi connectivity index (χ4n) is 2.41. The van der Waals surface area contributed by atoms with Crippen LogP contribution in [0.25, 0.3) is 0 Å². The van der Waals surface area contributed by atoms with Crippen molar-refractivity contribution in [2.24, 2.45) is 5.92 Å². The van der Waals surface area contributed by atoms with E-state index in [-0.39, 0.29) is 0 Å². The van der Waals surface area contributed by atoms with Crippen molar-refractivity contribution in [3.05, 3.63) is 55.0 Å². The largest absolute Gasteiger partial charge is 0.299 e. The van der Waals surface area contributed by atoms with Gasteiger partial charge >= 0.3 is 0 Å². The van der Waals surface area contributed by atoms with Gasteiger partial charge in [-0.15, -0.1) is 6.58 Å². The Morgan fingerprint density at radius 3 is 2.88 bits per heavy atom. The monoisotopic (exact) mass is 214 g/mol. The van der Waals surface area contributed by atoms with E-state index in [0.717, 1.165) is 6.54 Å². The summed E-state index contributed by atoms with van der Waals surface area (Å²) in [6.07, 6.45) is 7.05. The first kappa shape index (κ1) is 11.4. The molecule has 0 saturated carbocycles. The summed E-state index contributed by atoms with van der Waals surface area (Å²) in [5.74, 6) is 0.705. The Morgan fingerprint density at radius 1 is 1.31 bits per heavy atom. The van der Waals surface area contributed by atoms with Gasteiger partial charge in [0.2, 0.25) is 0 Å². The Bertz CT molecular complexity index is 317. The second-order valence-corrected chi connectivity index (χ2v) is 4.53. The molecule has 1 heteroatoms. The molecule has 0 spiro atoms. The predicted molar refractivity (Wildman–Crippen MR) is 69.2 cm³/mol. The summed E-state index contributed by atoms with van der Waals surface area (Å²) in [7, 11) is 0. The van der Waals surface area contributed by atoms with Gasteiger partial charge < -0.3 is 0 Å². The van der Waals surface area contributed by atoms with E-state index >= 15 is 0 Å². The van der Waals surface area contributed by atoms with Crippen LogP contribution >= 0.6 is 0 Å². The molecule has 1 aromatic carbocycles. The van der Waals surface area contributed by atoms with Gasteiger partial charge in [0, 0.05) is 13.1 Å². The smallest absolute Gasteiger partial charge is 0.0160 e. The van der Waals surface area contributed by atoms with E-state index in [4.69, 9.17) is 0 Å². The van der Waals surface area contributed by atoms with Crippen LogP contribution in [0.2, 0.25) is 0 Å². The van der Waals surface area contributed by atoms with Gasteiger partial charge in [-0.3, -0.25) is 4.90 Å². The molecule has 2 rings (SSSR count). The molecular weight excluding hydrogens is 194 g/mol. The maximum absolute atomic E-state index is 3.81. The maximum Gasteiger partial charge on any atom is 0.0160 e. The van der Waals surface area contributed by atoms with Crippen LogP contribution in [0.4, 0.5) is 0 Å². The van der Waals surface area contributed by atoms with Gasteiger partial charge in [-0.05, 0) is 37.3 Å². The van der Waals surface area contributed by atoms with Gasteiger partial charge in [0.1, 0.15) is 0 Å². The quantitative estimate of drug-likeness (QED) is 0.696. The lowest BCUT2D eigenvalue weighted by atomic mass is 9.91. The third kappa shape index (κ3) is 3.21. The van der Waals surface area contributed by atoms with Gasteiger partial charge in [-0.25, -0.2) is 0 Å². The molecule has 1 radical (unpaired) electrons. The number of rotatable bonds is 4. The third-order valence-corrected chi connectivity index (χ3v) is 3.16. The standard InChI is InChI=1S/C15H20N/c1-2-10-16-11-6-9-15(13-16)12-14-7-4-3-5-8-14/h2-5,7-8,12,15H,1,6,9-11,13H2. The van der Waals surface area contributed by atoms with E-state index in [1.54, 1.807) is 0 Å². The zero-order valence-electron chi connectivity index (χ0n) is 9.81. The number of likely N-dealkylation sites (tertiary alicyclic amines) is 1. The van der Waals surface area contributed by atoms with Crippen molar-refractivity contribution >= 4 is 0 Å². The molecule has 1 unspecified atom stereocenters. The number of hydrogen-bond donors (Lipinski definition) is 0. The van der Waals surface area contributed by atoms with Gasteiger partial charge in [0.25, 0.3) is 0 Å². The Morgan fingerprint density at radius 2 is 2.12 bits per heavy atom. The van der Waals surface area contributed by atoms with E-state index < -0.39 is 0 Å². The lowest BCUT2D eigenvalue weighted by Crippen LogP contribution is -2.35. The first-order chi connectivity index (χ1) is 7.88. The second-order valence-electron chi connectivity index (χ2n) is 4.53. The highest BCUT2D eigenvalue weighted by atomic mass is 15.1. The fourth-order valence-corrected chi connectivity index (χ4v) is 2.41. The van der Waals surface area contributed by atoms with E-state index in [1.165, 1.54) is 31.5 Å². The molecule has 85 valence electrons. The molecule has 1 nitrogen and oxygen atoms in total. The third-order valence-electron chi connectivity index (χ3n) is 3.16. The Balaban J connectivity index is 1.88. The van der Waals surface area contributed by atoms with Crippen LogP contribution in [0, 0.1) is 12.3 Å². The summed E-state index contributed by atoms with van der Waals surface area (Å²) in [6, 6.07) is 10.7. The zero-order valence-corrected chi connectivity index (χ0v) is 9.81. The number of benzene rings is 1. The molecule has 0 aliphatic carbocycles. The van der Waals surface area contributed by atoms with Gasteiger partial charge in [0.15, 0.2) is 0 Å². The van der Waals surface area contributed by atoms with Crippen LogP contribution in [0.15, 0.2) is 43.0 Å². The highest BCUT2D eigenvalue weighted by Crippen LogP contribution is 2.22. The molecule has 1 fully saturated rings. The molecular formula is C15H20N. The molecule has 0 N–H and O–H groups in total. The van der Waals surface area contributed by atoms with E-state index in [1.807, 2.05) is 6.08 Å². The minimum Gasteiger partial charge on any atom is -0.299 e. The number of hydrogen-bond acceptors (Lipinski definition) is 1. The molecule has 0 amide bonds. The van der Waals surface area contributed by atoms with Gasteiger partial charge in [-0.2, -0.15) is 0 Å². The minimum absolute atomic E-state index is 0.705.